The lowest BCUT2D eigenvalue weighted by atomic mass is 9.99. The molecule has 0 unspecified atom stereocenters. The van der Waals surface area contributed by atoms with E-state index in [-0.39, 0.29) is 12.5 Å². The van der Waals surface area contributed by atoms with Gasteiger partial charge in [-0.2, -0.15) is 0 Å². The van der Waals surface area contributed by atoms with Gasteiger partial charge in [-0.1, -0.05) is 49.1 Å². The van der Waals surface area contributed by atoms with Gasteiger partial charge in [0.1, 0.15) is 5.82 Å². The lowest BCUT2D eigenvalue weighted by molar-refractivity contribution is -0.114. The third kappa shape index (κ3) is 3.00. The van der Waals surface area contributed by atoms with E-state index < -0.39 is 0 Å². The predicted octanol–water partition coefficient (Wildman–Crippen LogP) is 5.56. The zero-order chi connectivity index (χ0) is 22.5. The molecular formula is C27H21N5O. The highest BCUT2D eigenvalue weighted by molar-refractivity contribution is 6.24. The van der Waals surface area contributed by atoms with Crippen molar-refractivity contribution in [3.05, 3.63) is 79.0 Å². The van der Waals surface area contributed by atoms with Crippen LogP contribution in [0.5, 0.6) is 0 Å². The Balaban J connectivity index is 1.66. The van der Waals surface area contributed by atoms with Crippen LogP contribution in [-0.2, 0) is 4.79 Å². The van der Waals surface area contributed by atoms with Crippen molar-refractivity contribution < 1.29 is 4.79 Å². The van der Waals surface area contributed by atoms with Crippen LogP contribution in [0, 0.1) is 0 Å². The summed E-state index contributed by atoms with van der Waals surface area (Å²) in [4.78, 5) is 23.8. The maximum Gasteiger partial charge on any atom is 0.238 e. The standard InChI is InChI=1S/C27H21N5O/c1-2-15-7-10-23-20(11-15)22(14-29-23)27-31-25-19-6-4-3-5-17(19)18-9-8-16(30-24(33)13-28)12-21(18)26(25)32-27/h2-12,14,29H,1,13,28H2,(H,30,33)(H,31,32). The Morgan fingerprint density at radius 1 is 1.00 bits per heavy atom. The van der Waals surface area contributed by atoms with Crippen LogP contribution in [0.15, 0.2) is 73.4 Å². The first-order valence-corrected chi connectivity index (χ1v) is 10.7. The largest absolute Gasteiger partial charge is 0.360 e. The monoisotopic (exact) mass is 431 g/mol. The zero-order valence-corrected chi connectivity index (χ0v) is 17.8. The summed E-state index contributed by atoms with van der Waals surface area (Å²) in [7, 11) is 0. The smallest absolute Gasteiger partial charge is 0.238 e. The second-order valence-electron chi connectivity index (χ2n) is 8.08. The summed E-state index contributed by atoms with van der Waals surface area (Å²) in [5.74, 6) is 0.553. The van der Waals surface area contributed by atoms with Gasteiger partial charge in [-0.05, 0) is 40.6 Å². The number of hydrogen-bond donors (Lipinski definition) is 4. The van der Waals surface area contributed by atoms with Crippen molar-refractivity contribution >= 4 is 61.2 Å². The summed E-state index contributed by atoms with van der Waals surface area (Å²) in [6, 6.07) is 20.4. The van der Waals surface area contributed by atoms with Crippen LogP contribution in [0.25, 0.3) is 60.9 Å². The van der Waals surface area contributed by atoms with Gasteiger partial charge in [-0.3, -0.25) is 4.79 Å². The van der Waals surface area contributed by atoms with E-state index in [0.29, 0.717) is 5.69 Å². The van der Waals surface area contributed by atoms with Gasteiger partial charge in [-0.25, -0.2) is 4.98 Å². The number of benzene rings is 4. The molecule has 160 valence electrons. The molecule has 6 aromatic rings. The lowest BCUT2D eigenvalue weighted by Gasteiger charge is -2.09. The summed E-state index contributed by atoms with van der Waals surface area (Å²) < 4.78 is 0. The normalized spacial score (nSPS) is 11.5. The number of aromatic nitrogens is 3. The molecule has 0 saturated heterocycles. The third-order valence-corrected chi connectivity index (χ3v) is 6.13. The first-order chi connectivity index (χ1) is 16.2. The average molecular weight is 431 g/mol. The van der Waals surface area contributed by atoms with Crippen LogP contribution in [0.1, 0.15) is 5.56 Å². The Morgan fingerprint density at radius 3 is 2.64 bits per heavy atom. The van der Waals surface area contributed by atoms with Gasteiger partial charge < -0.3 is 21.0 Å². The number of amides is 1. The fraction of sp³-hybridized carbons (Fsp3) is 0.0370. The Morgan fingerprint density at radius 2 is 1.82 bits per heavy atom. The SMILES string of the molecule is C=Cc1ccc2[nH]cc(-c3nc4c5cc(NC(=O)CN)ccc5c5ccccc5c4[nH]3)c2c1. The van der Waals surface area contributed by atoms with Crippen molar-refractivity contribution in [1.82, 2.24) is 15.0 Å². The molecule has 2 aromatic heterocycles. The van der Waals surface area contributed by atoms with Crippen molar-refractivity contribution in [2.45, 2.75) is 0 Å². The number of fused-ring (bicyclic) bond motifs is 7. The topological polar surface area (TPSA) is 99.6 Å². The Labute approximate surface area is 189 Å². The minimum absolute atomic E-state index is 0.0645. The minimum Gasteiger partial charge on any atom is -0.360 e. The number of nitrogens with one attached hydrogen (secondary N) is 3. The molecule has 0 bridgehead atoms. The summed E-state index contributed by atoms with van der Waals surface area (Å²) in [6.07, 6.45) is 3.82. The molecule has 0 spiro atoms. The van der Waals surface area contributed by atoms with E-state index in [1.165, 1.54) is 0 Å². The van der Waals surface area contributed by atoms with Crippen molar-refractivity contribution in [2.24, 2.45) is 5.73 Å². The van der Waals surface area contributed by atoms with Crippen LogP contribution >= 0.6 is 0 Å². The van der Waals surface area contributed by atoms with Crippen molar-refractivity contribution in [1.29, 1.82) is 0 Å². The van der Waals surface area contributed by atoms with Gasteiger partial charge in [-0.15, -0.1) is 0 Å². The number of rotatable bonds is 4. The number of nitrogens with two attached hydrogens (primary N) is 1. The molecule has 33 heavy (non-hydrogen) atoms. The second kappa shape index (κ2) is 7.32. The number of hydrogen-bond acceptors (Lipinski definition) is 3. The number of imidazole rings is 1. The number of anilines is 1. The van der Waals surface area contributed by atoms with Crippen LogP contribution in [0.3, 0.4) is 0 Å². The van der Waals surface area contributed by atoms with E-state index in [1.807, 2.05) is 48.7 Å². The van der Waals surface area contributed by atoms with E-state index in [0.717, 1.165) is 60.4 Å². The van der Waals surface area contributed by atoms with Crippen LogP contribution in [0.4, 0.5) is 5.69 Å². The Hall–Kier alpha value is -4.42. The molecular weight excluding hydrogens is 410 g/mol. The van der Waals surface area contributed by atoms with Gasteiger partial charge in [0.15, 0.2) is 0 Å². The summed E-state index contributed by atoms with van der Waals surface area (Å²) in [5, 5.41) is 8.20. The number of carbonyl (C=O) groups excluding carboxylic acids is 1. The zero-order valence-electron chi connectivity index (χ0n) is 17.8. The van der Waals surface area contributed by atoms with Gasteiger partial charge in [0, 0.05) is 39.1 Å². The van der Waals surface area contributed by atoms with E-state index in [1.54, 1.807) is 0 Å². The van der Waals surface area contributed by atoms with E-state index in [4.69, 9.17) is 10.7 Å². The fourth-order valence-electron chi connectivity index (χ4n) is 4.55. The number of aromatic amines is 2. The Bertz CT molecular complexity index is 1720. The number of carbonyl (C=O) groups is 1. The van der Waals surface area contributed by atoms with Gasteiger partial charge in [0.25, 0.3) is 0 Å². The molecule has 0 aliphatic carbocycles. The molecule has 0 aliphatic rings. The third-order valence-electron chi connectivity index (χ3n) is 6.13. The minimum atomic E-state index is -0.231. The molecule has 4 aromatic carbocycles. The first-order valence-electron chi connectivity index (χ1n) is 10.7. The summed E-state index contributed by atoms with van der Waals surface area (Å²) >= 11 is 0. The molecule has 0 fully saturated rings. The Kier molecular flexibility index (Phi) is 4.28. The van der Waals surface area contributed by atoms with E-state index >= 15 is 0 Å². The first kappa shape index (κ1) is 19.3. The molecule has 6 nitrogen and oxygen atoms in total. The van der Waals surface area contributed by atoms with Crippen molar-refractivity contribution in [2.75, 3.05) is 11.9 Å². The lowest BCUT2D eigenvalue weighted by Crippen LogP contribution is -2.21. The average Bonchev–Trinajstić information content (AvgIpc) is 3.48. The molecule has 0 saturated carbocycles. The summed E-state index contributed by atoms with van der Waals surface area (Å²) in [6.45, 7) is 3.83. The highest BCUT2D eigenvalue weighted by Gasteiger charge is 2.16. The molecule has 5 N–H and O–H groups in total. The maximum atomic E-state index is 11.9. The maximum absolute atomic E-state index is 11.9. The quantitative estimate of drug-likeness (QED) is 0.275. The highest BCUT2D eigenvalue weighted by atomic mass is 16.1. The van der Waals surface area contributed by atoms with Gasteiger partial charge in [0.05, 0.1) is 17.6 Å². The molecule has 6 rings (SSSR count). The van der Waals surface area contributed by atoms with Crippen molar-refractivity contribution in [3.63, 3.8) is 0 Å². The highest BCUT2D eigenvalue weighted by Crippen LogP contribution is 2.37. The second-order valence-corrected chi connectivity index (χ2v) is 8.08. The fourth-order valence-corrected chi connectivity index (χ4v) is 4.55. The molecule has 1 amide bonds. The number of nitrogens with zero attached hydrogens (tertiary/aromatic N) is 1. The number of H-pyrrole nitrogens is 2. The van der Waals surface area contributed by atoms with E-state index in [9.17, 15) is 4.79 Å². The molecule has 0 atom stereocenters. The predicted molar refractivity (Wildman–Crippen MR) is 136 cm³/mol. The molecule has 0 aliphatic heterocycles. The van der Waals surface area contributed by atoms with Crippen LogP contribution < -0.4 is 11.1 Å². The molecule has 2 heterocycles. The van der Waals surface area contributed by atoms with Crippen molar-refractivity contribution in [3.8, 4) is 11.4 Å². The molecule has 0 radical (unpaired) electrons. The van der Waals surface area contributed by atoms with Gasteiger partial charge >= 0.3 is 0 Å². The van der Waals surface area contributed by atoms with Gasteiger partial charge in [0.2, 0.25) is 5.91 Å². The van der Waals surface area contributed by atoms with Crippen LogP contribution in [0.2, 0.25) is 0 Å². The van der Waals surface area contributed by atoms with E-state index in [2.05, 4.69) is 46.1 Å². The molecule has 6 heteroatoms. The summed E-state index contributed by atoms with van der Waals surface area (Å²) in [5.41, 5.74) is 11.1. The van der Waals surface area contributed by atoms with Crippen LogP contribution in [-0.4, -0.2) is 27.4 Å².